The number of hydrazine groups is 1. The predicted molar refractivity (Wildman–Crippen MR) is 77.5 cm³/mol. The number of anilines is 2. The molecule has 1 fully saturated rings. The van der Waals surface area contributed by atoms with Gasteiger partial charge in [-0.2, -0.15) is 0 Å². The number of hydrogen-bond acceptors (Lipinski definition) is 7. The van der Waals surface area contributed by atoms with E-state index < -0.39 is 4.92 Å². The third-order valence-electron chi connectivity index (χ3n) is 3.33. The number of nitrogens with one attached hydrogen (secondary N) is 2. The molecule has 8 nitrogen and oxygen atoms in total. The molecule has 1 saturated heterocycles. The maximum atomic E-state index is 11.0. The third-order valence-corrected chi connectivity index (χ3v) is 3.33. The maximum Gasteiger partial charge on any atom is 0.311 e. The second-order valence-electron chi connectivity index (χ2n) is 5.02. The fraction of sp³-hybridized carbons (Fsp3) is 0.583. The number of nitro groups is 1. The fourth-order valence-electron chi connectivity index (χ4n) is 2.42. The zero-order valence-electron chi connectivity index (χ0n) is 11.5. The highest BCUT2D eigenvalue weighted by atomic mass is 16.6. The van der Waals surface area contributed by atoms with Crippen LogP contribution >= 0.6 is 0 Å². The SMILES string of the molecule is CC(CN1CCCC1)Nc1nc(NN)ccc1[N+](=O)[O-]. The van der Waals surface area contributed by atoms with Gasteiger partial charge in [-0.3, -0.25) is 10.1 Å². The molecule has 1 aromatic rings. The Kier molecular flexibility index (Phi) is 4.70. The van der Waals surface area contributed by atoms with Crippen molar-refractivity contribution in [3.63, 3.8) is 0 Å². The van der Waals surface area contributed by atoms with Crippen LogP contribution in [0.4, 0.5) is 17.3 Å². The summed E-state index contributed by atoms with van der Waals surface area (Å²) in [5, 5.41) is 14.1. The molecule has 1 aromatic heterocycles. The van der Waals surface area contributed by atoms with Crippen molar-refractivity contribution in [3.05, 3.63) is 22.2 Å². The molecule has 0 aliphatic carbocycles. The van der Waals surface area contributed by atoms with E-state index in [0.29, 0.717) is 5.82 Å². The van der Waals surface area contributed by atoms with E-state index in [2.05, 4.69) is 20.6 Å². The molecule has 1 atom stereocenters. The fourth-order valence-corrected chi connectivity index (χ4v) is 2.42. The molecule has 20 heavy (non-hydrogen) atoms. The van der Waals surface area contributed by atoms with Gasteiger partial charge in [-0.1, -0.05) is 0 Å². The molecule has 1 unspecified atom stereocenters. The van der Waals surface area contributed by atoms with Gasteiger partial charge < -0.3 is 15.6 Å². The summed E-state index contributed by atoms with van der Waals surface area (Å²) in [6, 6.07) is 2.95. The van der Waals surface area contributed by atoms with Crippen molar-refractivity contribution < 1.29 is 4.92 Å². The minimum atomic E-state index is -0.446. The lowest BCUT2D eigenvalue weighted by Crippen LogP contribution is -2.33. The van der Waals surface area contributed by atoms with E-state index >= 15 is 0 Å². The molecule has 2 rings (SSSR count). The first kappa shape index (κ1) is 14.5. The number of hydrogen-bond donors (Lipinski definition) is 3. The van der Waals surface area contributed by atoms with Gasteiger partial charge in [0.2, 0.25) is 5.82 Å². The maximum absolute atomic E-state index is 11.0. The summed E-state index contributed by atoms with van der Waals surface area (Å²) in [4.78, 5) is 17.0. The Morgan fingerprint density at radius 2 is 2.20 bits per heavy atom. The van der Waals surface area contributed by atoms with Crippen LogP contribution in [0.25, 0.3) is 0 Å². The molecule has 2 heterocycles. The van der Waals surface area contributed by atoms with Crippen LogP contribution in [0.15, 0.2) is 12.1 Å². The van der Waals surface area contributed by atoms with Crippen LogP contribution < -0.4 is 16.6 Å². The summed E-state index contributed by atoms with van der Waals surface area (Å²) in [5.41, 5.74) is 2.35. The summed E-state index contributed by atoms with van der Waals surface area (Å²) in [5.74, 6) is 5.93. The Labute approximate surface area is 117 Å². The predicted octanol–water partition coefficient (Wildman–Crippen LogP) is 1.17. The molecule has 0 amide bonds. The highest BCUT2D eigenvalue weighted by Gasteiger charge is 2.20. The molecule has 110 valence electrons. The van der Waals surface area contributed by atoms with Crippen molar-refractivity contribution in [2.24, 2.45) is 5.84 Å². The average molecular weight is 280 g/mol. The molecular formula is C12H20N6O2. The first-order chi connectivity index (χ1) is 9.60. The summed E-state index contributed by atoms with van der Waals surface area (Å²) in [6.45, 7) is 5.02. The Bertz CT molecular complexity index is 475. The number of nitrogen functional groups attached to an aromatic ring is 1. The first-order valence-corrected chi connectivity index (χ1v) is 6.71. The van der Waals surface area contributed by atoms with Crippen LogP contribution in [0, 0.1) is 10.1 Å². The molecule has 8 heteroatoms. The van der Waals surface area contributed by atoms with Crippen LogP contribution in [-0.4, -0.2) is 40.5 Å². The Hall–Kier alpha value is -1.93. The monoisotopic (exact) mass is 280 g/mol. The molecule has 0 spiro atoms. The average Bonchev–Trinajstić information content (AvgIpc) is 2.90. The molecule has 0 bridgehead atoms. The molecule has 1 aliphatic heterocycles. The normalized spacial score (nSPS) is 16.9. The van der Waals surface area contributed by atoms with Gasteiger partial charge in [0.25, 0.3) is 0 Å². The van der Waals surface area contributed by atoms with Crippen molar-refractivity contribution in [3.8, 4) is 0 Å². The lowest BCUT2D eigenvalue weighted by molar-refractivity contribution is -0.384. The highest BCUT2D eigenvalue weighted by Crippen LogP contribution is 2.24. The smallest absolute Gasteiger partial charge is 0.311 e. The van der Waals surface area contributed by atoms with Gasteiger partial charge in [-0.05, 0) is 38.9 Å². The third kappa shape index (κ3) is 3.55. The highest BCUT2D eigenvalue weighted by molar-refractivity contribution is 5.60. The zero-order valence-corrected chi connectivity index (χ0v) is 11.5. The second-order valence-corrected chi connectivity index (χ2v) is 5.02. The van der Waals surface area contributed by atoms with Gasteiger partial charge in [0.05, 0.1) is 4.92 Å². The number of aromatic nitrogens is 1. The summed E-state index contributed by atoms with van der Waals surface area (Å²) >= 11 is 0. The Balaban J connectivity index is 2.07. The number of nitrogens with zero attached hydrogens (tertiary/aromatic N) is 3. The standard InChI is InChI=1S/C12H20N6O2/c1-9(8-17-6-2-3-7-17)14-12-10(18(19)20)4-5-11(15-12)16-13/h4-5,9H,2-3,6-8,13H2,1H3,(H2,14,15,16). The van der Waals surface area contributed by atoms with Crippen molar-refractivity contribution in [1.29, 1.82) is 0 Å². The molecule has 0 saturated carbocycles. The van der Waals surface area contributed by atoms with E-state index in [1.54, 1.807) is 0 Å². The number of likely N-dealkylation sites (tertiary alicyclic amines) is 1. The minimum absolute atomic E-state index is 0.0442. The zero-order chi connectivity index (χ0) is 14.5. The molecular weight excluding hydrogens is 260 g/mol. The van der Waals surface area contributed by atoms with E-state index in [1.165, 1.54) is 25.0 Å². The largest absolute Gasteiger partial charge is 0.361 e. The van der Waals surface area contributed by atoms with Crippen LogP contribution in [0.2, 0.25) is 0 Å². The lowest BCUT2D eigenvalue weighted by Gasteiger charge is -2.21. The van der Waals surface area contributed by atoms with E-state index in [9.17, 15) is 10.1 Å². The lowest BCUT2D eigenvalue weighted by atomic mass is 10.3. The molecule has 1 aliphatic rings. The van der Waals surface area contributed by atoms with E-state index in [4.69, 9.17) is 5.84 Å². The quantitative estimate of drug-likeness (QED) is 0.407. The van der Waals surface area contributed by atoms with E-state index in [-0.39, 0.29) is 17.5 Å². The summed E-state index contributed by atoms with van der Waals surface area (Å²) in [6.07, 6.45) is 2.44. The molecule has 0 radical (unpaired) electrons. The van der Waals surface area contributed by atoms with Crippen molar-refractivity contribution in [2.75, 3.05) is 30.4 Å². The number of nitrogens with two attached hydrogens (primary N) is 1. The van der Waals surface area contributed by atoms with Gasteiger partial charge in [-0.25, -0.2) is 10.8 Å². The van der Waals surface area contributed by atoms with Crippen LogP contribution in [0.5, 0.6) is 0 Å². The summed E-state index contributed by atoms with van der Waals surface area (Å²) < 4.78 is 0. The summed E-state index contributed by atoms with van der Waals surface area (Å²) in [7, 11) is 0. The van der Waals surface area contributed by atoms with Gasteiger partial charge in [0.15, 0.2) is 0 Å². The van der Waals surface area contributed by atoms with Crippen LogP contribution in [-0.2, 0) is 0 Å². The van der Waals surface area contributed by atoms with Crippen LogP contribution in [0.3, 0.4) is 0 Å². The van der Waals surface area contributed by atoms with Crippen LogP contribution in [0.1, 0.15) is 19.8 Å². The van der Waals surface area contributed by atoms with E-state index in [0.717, 1.165) is 19.6 Å². The van der Waals surface area contributed by atoms with Gasteiger partial charge in [0.1, 0.15) is 5.82 Å². The van der Waals surface area contributed by atoms with E-state index in [1.807, 2.05) is 6.92 Å². The topological polar surface area (TPSA) is 109 Å². The first-order valence-electron chi connectivity index (χ1n) is 6.71. The van der Waals surface area contributed by atoms with Crippen molar-refractivity contribution in [1.82, 2.24) is 9.88 Å². The second kappa shape index (κ2) is 6.49. The minimum Gasteiger partial charge on any atom is -0.361 e. The Morgan fingerprint density at radius 3 is 2.80 bits per heavy atom. The van der Waals surface area contributed by atoms with Gasteiger partial charge >= 0.3 is 5.69 Å². The molecule has 4 N–H and O–H groups in total. The van der Waals surface area contributed by atoms with Crippen molar-refractivity contribution in [2.45, 2.75) is 25.8 Å². The Morgan fingerprint density at radius 1 is 1.50 bits per heavy atom. The number of pyridine rings is 1. The van der Waals surface area contributed by atoms with Crippen molar-refractivity contribution >= 4 is 17.3 Å². The molecule has 0 aromatic carbocycles. The van der Waals surface area contributed by atoms with Gasteiger partial charge in [-0.15, -0.1) is 0 Å². The van der Waals surface area contributed by atoms with Gasteiger partial charge in [0, 0.05) is 18.7 Å². The number of rotatable bonds is 6.